The number of hydrogen-bond acceptors (Lipinski definition) is 5. The van der Waals surface area contributed by atoms with Gasteiger partial charge in [0.15, 0.2) is 11.7 Å². The maximum atomic E-state index is 12.7. The smallest absolute Gasteiger partial charge is 0.276 e. The first-order valence-electron chi connectivity index (χ1n) is 10.2. The molecule has 0 saturated carbocycles. The van der Waals surface area contributed by atoms with Gasteiger partial charge >= 0.3 is 0 Å². The van der Waals surface area contributed by atoms with Crippen LogP contribution in [0.15, 0.2) is 40.9 Å². The summed E-state index contributed by atoms with van der Waals surface area (Å²) in [6.07, 6.45) is 0.868. The number of amides is 2. The van der Waals surface area contributed by atoms with Crippen LogP contribution in [0, 0.1) is 19.8 Å². The van der Waals surface area contributed by atoms with Crippen LogP contribution < -0.4 is 25.6 Å². The molecular formula is C23H28BrN3O4S. The van der Waals surface area contributed by atoms with Crippen LogP contribution in [-0.4, -0.2) is 30.1 Å². The molecule has 7 nitrogen and oxygen atoms in total. The second kappa shape index (κ2) is 12.4. The van der Waals surface area contributed by atoms with Crippen molar-refractivity contribution in [3.63, 3.8) is 0 Å². The van der Waals surface area contributed by atoms with Crippen LogP contribution in [0.25, 0.3) is 0 Å². The highest BCUT2D eigenvalue weighted by Crippen LogP contribution is 2.24. The molecule has 0 radical (unpaired) electrons. The number of halogens is 1. The van der Waals surface area contributed by atoms with Crippen molar-refractivity contribution in [3.05, 3.63) is 57.6 Å². The van der Waals surface area contributed by atoms with E-state index in [0.29, 0.717) is 29.6 Å². The summed E-state index contributed by atoms with van der Waals surface area (Å²) in [5, 5.41) is 2.48. The van der Waals surface area contributed by atoms with Crippen LogP contribution in [0.2, 0.25) is 0 Å². The molecule has 32 heavy (non-hydrogen) atoms. The summed E-state index contributed by atoms with van der Waals surface area (Å²) in [6.45, 7) is 8.32. The Labute approximate surface area is 202 Å². The van der Waals surface area contributed by atoms with E-state index in [0.717, 1.165) is 22.0 Å². The second-order valence-corrected chi connectivity index (χ2v) is 8.96. The molecule has 0 heterocycles. The van der Waals surface area contributed by atoms with Crippen LogP contribution in [0.4, 0.5) is 0 Å². The molecule has 2 aromatic rings. The van der Waals surface area contributed by atoms with Gasteiger partial charge in [0.2, 0.25) is 0 Å². The van der Waals surface area contributed by atoms with E-state index in [1.165, 1.54) is 0 Å². The molecule has 0 aliphatic carbocycles. The molecule has 0 atom stereocenters. The van der Waals surface area contributed by atoms with E-state index >= 15 is 0 Å². The van der Waals surface area contributed by atoms with E-state index in [1.54, 1.807) is 18.2 Å². The Bertz CT molecular complexity index is 961. The first-order valence-corrected chi connectivity index (χ1v) is 11.4. The van der Waals surface area contributed by atoms with Gasteiger partial charge in [-0.1, -0.05) is 48.0 Å². The summed E-state index contributed by atoms with van der Waals surface area (Å²) in [4.78, 5) is 24.8. The average Bonchev–Trinajstić information content (AvgIpc) is 2.72. The Morgan fingerprint density at radius 3 is 2.41 bits per heavy atom. The van der Waals surface area contributed by atoms with E-state index in [1.807, 2.05) is 32.0 Å². The van der Waals surface area contributed by atoms with Crippen molar-refractivity contribution in [2.75, 3.05) is 13.2 Å². The number of benzene rings is 2. The summed E-state index contributed by atoms with van der Waals surface area (Å²) in [5.41, 5.74) is 7.13. The van der Waals surface area contributed by atoms with E-state index in [-0.39, 0.29) is 11.7 Å². The number of rotatable bonds is 8. The van der Waals surface area contributed by atoms with Gasteiger partial charge < -0.3 is 9.47 Å². The molecule has 0 saturated heterocycles. The van der Waals surface area contributed by atoms with Crippen molar-refractivity contribution in [1.29, 1.82) is 0 Å². The Balaban J connectivity index is 1.86. The average molecular weight is 522 g/mol. The fourth-order valence-electron chi connectivity index (χ4n) is 2.74. The molecule has 2 amide bonds. The Hall–Kier alpha value is -2.65. The van der Waals surface area contributed by atoms with E-state index in [2.05, 4.69) is 45.9 Å². The lowest BCUT2D eigenvalue weighted by molar-refractivity contribution is -0.123. The van der Waals surface area contributed by atoms with Crippen LogP contribution in [0.5, 0.6) is 11.5 Å². The molecule has 0 unspecified atom stereocenters. The van der Waals surface area contributed by atoms with Gasteiger partial charge in [-0.3, -0.25) is 25.8 Å². The molecule has 172 valence electrons. The topological polar surface area (TPSA) is 88.7 Å². The lowest BCUT2D eigenvalue weighted by atomic mass is 10.1. The highest BCUT2D eigenvalue weighted by Gasteiger charge is 2.15. The number of hydrogen-bond donors (Lipinski definition) is 3. The van der Waals surface area contributed by atoms with Gasteiger partial charge in [-0.25, -0.2) is 0 Å². The number of para-hydroxylation sites is 1. The van der Waals surface area contributed by atoms with Crippen LogP contribution in [-0.2, 0) is 4.79 Å². The zero-order valence-electron chi connectivity index (χ0n) is 18.6. The molecule has 0 fully saturated rings. The number of nitrogens with one attached hydrogen (secondary N) is 3. The lowest BCUT2D eigenvalue weighted by Gasteiger charge is -2.15. The zero-order valence-corrected chi connectivity index (χ0v) is 21.0. The normalized spacial score (nSPS) is 10.4. The predicted octanol–water partition coefficient (Wildman–Crippen LogP) is 4.21. The van der Waals surface area contributed by atoms with E-state index < -0.39 is 11.8 Å². The van der Waals surface area contributed by atoms with Crippen LogP contribution in [0.3, 0.4) is 0 Å². The summed E-state index contributed by atoms with van der Waals surface area (Å²) >= 11 is 8.48. The van der Waals surface area contributed by atoms with Gasteiger partial charge in [0, 0.05) is 4.47 Å². The highest BCUT2D eigenvalue weighted by molar-refractivity contribution is 9.10. The van der Waals surface area contributed by atoms with Crippen LogP contribution in [0.1, 0.15) is 41.8 Å². The number of ether oxygens (including phenoxy) is 2. The van der Waals surface area contributed by atoms with E-state index in [4.69, 9.17) is 21.7 Å². The summed E-state index contributed by atoms with van der Waals surface area (Å²) in [5.74, 6) is 0.717. The van der Waals surface area contributed by atoms with Crippen LogP contribution >= 0.6 is 28.1 Å². The first kappa shape index (κ1) is 25.6. The van der Waals surface area contributed by atoms with Gasteiger partial charge in [0.25, 0.3) is 11.8 Å². The lowest BCUT2D eigenvalue weighted by Crippen LogP contribution is -2.49. The molecule has 2 aromatic carbocycles. The third-order valence-corrected chi connectivity index (χ3v) is 5.14. The van der Waals surface area contributed by atoms with Gasteiger partial charge in [0.1, 0.15) is 11.5 Å². The van der Waals surface area contributed by atoms with Crippen molar-refractivity contribution in [2.45, 2.75) is 34.1 Å². The highest BCUT2D eigenvalue weighted by atomic mass is 79.9. The summed E-state index contributed by atoms with van der Waals surface area (Å²) in [6, 6.07) is 10.9. The third-order valence-electron chi connectivity index (χ3n) is 4.44. The molecule has 0 aliphatic heterocycles. The summed E-state index contributed by atoms with van der Waals surface area (Å²) < 4.78 is 12.1. The maximum absolute atomic E-state index is 12.7. The van der Waals surface area contributed by atoms with Crippen molar-refractivity contribution in [3.8, 4) is 11.5 Å². The third kappa shape index (κ3) is 8.12. The number of carbonyl (C=O) groups excluding carboxylic acids is 2. The fourth-order valence-corrected chi connectivity index (χ4v) is 3.24. The van der Waals surface area contributed by atoms with Crippen molar-refractivity contribution in [1.82, 2.24) is 16.2 Å². The molecular weight excluding hydrogens is 494 g/mol. The van der Waals surface area contributed by atoms with Crippen molar-refractivity contribution < 1.29 is 19.1 Å². The van der Waals surface area contributed by atoms with Gasteiger partial charge in [-0.15, -0.1) is 0 Å². The van der Waals surface area contributed by atoms with E-state index in [9.17, 15) is 9.59 Å². The second-order valence-electron chi connectivity index (χ2n) is 7.64. The standard InChI is InChI=1S/C23H28BrN3O4S/c1-14(2)10-11-30-19-9-8-17(24)12-18(19)22(29)25-23(32)27-26-20(28)13-31-21-15(3)6-5-7-16(21)4/h5-9,12,14H,10-11,13H2,1-4H3,(H,26,28)(H2,25,27,29,32). The SMILES string of the molecule is Cc1cccc(C)c1OCC(=O)NNC(=S)NC(=O)c1cc(Br)ccc1OCCC(C)C. The maximum Gasteiger partial charge on any atom is 0.276 e. The largest absolute Gasteiger partial charge is 0.493 e. The minimum absolute atomic E-state index is 0.0523. The zero-order chi connectivity index (χ0) is 23.7. The monoisotopic (exact) mass is 521 g/mol. The minimum atomic E-state index is -0.454. The molecule has 3 N–H and O–H groups in total. The van der Waals surface area contributed by atoms with Gasteiger partial charge in [0.05, 0.1) is 12.2 Å². The molecule has 0 aliphatic rings. The van der Waals surface area contributed by atoms with Crippen molar-refractivity contribution >= 4 is 45.1 Å². The predicted molar refractivity (Wildman–Crippen MR) is 132 cm³/mol. The Morgan fingerprint density at radius 1 is 1.06 bits per heavy atom. The molecule has 0 aromatic heterocycles. The molecule has 0 spiro atoms. The molecule has 9 heteroatoms. The Kier molecular flexibility index (Phi) is 9.93. The first-order chi connectivity index (χ1) is 15.2. The number of hydrazine groups is 1. The Morgan fingerprint density at radius 2 is 1.75 bits per heavy atom. The number of thiocarbonyl (C=S) groups is 1. The van der Waals surface area contributed by atoms with Gasteiger partial charge in [-0.2, -0.15) is 0 Å². The summed E-state index contributed by atoms with van der Waals surface area (Å²) in [7, 11) is 0. The molecule has 2 rings (SSSR count). The minimum Gasteiger partial charge on any atom is -0.493 e. The van der Waals surface area contributed by atoms with Crippen molar-refractivity contribution in [2.24, 2.45) is 5.92 Å². The molecule has 0 bridgehead atoms. The number of aryl methyl sites for hydroxylation is 2. The van der Waals surface area contributed by atoms with Gasteiger partial charge in [-0.05, 0) is 67.7 Å². The number of carbonyl (C=O) groups is 2. The fraction of sp³-hybridized carbons (Fsp3) is 0.348. The quantitative estimate of drug-likeness (QED) is 0.356.